The van der Waals surface area contributed by atoms with Crippen molar-refractivity contribution < 1.29 is 4.79 Å². The van der Waals surface area contributed by atoms with E-state index in [1.807, 2.05) is 55.5 Å². The molecule has 4 nitrogen and oxygen atoms in total. The van der Waals surface area contributed by atoms with E-state index in [4.69, 9.17) is 11.6 Å². The Morgan fingerprint density at radius 3 is 2.57 bits per heavy atom. The van der Waals surface area contributed by atoms with Gasteiger partial charge in [0, 0.05) is 22.4 Å². The molecule has 0 bridgehead atoms. The van der Waals surface area contributed by atoms with E-state index in [1.54, 1.807) is 6.20 Å². The lowest BCUT2D eigenvalue weighted by Crippen LogP contribution is -2.18. The van der Waals surface area contributed by atoms with E-state index in [9.17, 15) is 9.59 Å². The number of rotatable bonds is 3. The second-order valence-electron chi connectivity index (χ2n) is 6.36. The third-order valence-corrected chi connectivity index (χ3v) is 6.05. The maximum Gasteiger partial charge on any atom is 0.268 e. The average molecular weight is 454 g/mol. The van der Waals surface area contributed by atoms with Gasteiger partial charge in [-0.05, 0) is 63.3 Å². The molecule has 2 aromatic carbocycles. The van der Waals surface area contributed by atoms with Crippen LogP contribution in [0.3, 0.4) is 0 Å². The highest BCUT2D eigenvalue weighted by Gasteiger charge is 2.13. The first-order valence-corrected chi connectivity index (χ1v) is 9.69. The third-order valence-electron chi connectivity index (χ3n) is 4.75. The van der Waals surface area contributed by atoms with Crippen molar-refractivity contribution in [2.24, 2.45) is 0 Å². The molecule has 2 aromatic heterocycles. The first kappa shape index (κ1) is 18.6. The number of pyridine rings is 1. The first-order valence-electron chi connectivity index (χ1n) is 8.52. The Morgan fingerprint density at radius 2 is 1.79 bits per heavy atom. The van der Waals surface area contributed by atoms with Crippen LogP contribution in [-0.4, -0.2) is 15.7 Å². The number of benzene rings is 2. The Balaban J connectivity index is 1.90. The fraction of sp³-hybridized carbons (Fsp3) is 0.0455. The summed E-state index contributed by atoms with van der Waals surface area (Å²) in [7, 11) is 0. The van der Waals surface area contributed by atoms with E-state index in [0.717, 1.165) is 32.3 Å². The maximum absolute atomic E-state index is 12.3. The van der Waals surface area contributed by atoms with E-state index in [2.05, 4.69) is 20.9 Å². The zero-order chi connectivity index (χ0) is 19.8. The molecule has 0 aliphatic rings. The quantitative estimate of drug-likeness (QED) is 0.381. The van der Waals surface area contributed by atoms with Crippen molar-refractivity contribution in [1.82, 2.24) is 9.38 Å². The van der Waals surface area contributed by atoms with Crippen molar-refractivity contribution in [1.29, 1.82) is 0 Å². The van der Waals surface area contributed by atoms with Gasteiger partial charge in [0.1, 0.15) is 5.65 Å². The number of nitrogens with zero attached hydrogens (tertiary/aromatic N) is 2. The Hall–Kier alpha value is -2.76. The lowest BCUT2D eigenvalue weighted by molar-refractivity contribution is 0.112. The predicted molar refractivity (Wildman–Crippen MR) is 115 cm³/mol. The van der Waals surface area contributed by atoms with Gasteiger partial charge in [0.15, 0.2) is 6.29 Å². The molecule has 0 unspecified atom stereocenters. The molecule has 2 heterocycles. The van der Waals surface area contributed by atoms with Crippen molar-refractivity contribution in [3.05, 3.63) is 91.9 Å². The summed E-state index contributed by atoms with van der Waals surface area (Å²) in [4.78, 5) is 27.5. The molecule has 0 saturated carbocycles. The normalized spacial score (nSPS) is 11.0. The molecule has 4 aromatic rings. The molecular weight excluding hydrogens is 440 g/mol. The Kier molecular flexibility index (Phi) is 4.87. The Bertz CT molecular complexity index is 1300. The number of carbonyl (C=O) groups is 1. The van der Waals surface area contributed by atoms with Gasteiger partial charge in [-0.15, -0.1) is 0 Å². The van der Waals surface area contributed by atoms with Gasteiger partial charge in [0.2, 0.25) is 0 Å². The highest BCUT2D eigenvalue weighted by atomic mass is 79.9. The van der Waals surface area contributed by atoms with Crippen LogP contribution in [0.4, 0.5) is 0 Å². The molecule has 6 heteroatoms. The van der Waals surface area contributed by atoms with Crippen LogP contribution < -0.4 is 5.56 Å². The summed E-state index contributed by atoms with van der Waals surface area (Å²) in [5, 5.41) is 0.663. The number of hydrogen-bond acceptors (Lipinski definition) is 3. The second-order valence-corrected chi connectivity index (χ2v) is 7.59. The topological polar surface area (TPSA) is 51.4 Å². The third kappa shape index (κ3) is 3.07. The van der Waals surface area contributed by atoms with E-state index in [1.165, 1.54) is 10.6 Å². The number of halogens is 2. The molecule has 28 heavy (non-hydrogen) atoms. The van der Waals surface area contributed by atoms with Gasteiger partial charge in [-0.2, -0.15) is 0 Å². The van der Waals surface area contributed by atoms with Crippen molar-refractivity contribution in [3.63, 3.8) is 0 Å². The van der Waals surface area contributed by atoms with Crippen LogP contribution in [0.5, 0.6) is 0 Å². The van der Waals surface area contributed by atoms with Crippen LogP contribution in [0.2, 0.25) is 5.02 Å². The molecule has 0 saturated heterocycles. The smallest absolute Gasteiger partial charge is 0.268 e. The second kappa shape index (κ2) is 7.34. The Morgan fingerprint density at radius 1 is 1.07 bits per heavy atom. The summed E-state index contributed by atoms with van der Waals surface area (Å²) in [5.74, 6) is 0. The minimum absolute atomic E-state index is 0.0349. The van der Waals surface area contributed by atoms with E-state index in [0.29, 0.717) is 17.0 Å². The monoisotopic (exact) mass is 452 g/mol. The van der Waals surface area contributed by atoms with Gasteiger partial charge < -0.3 is 0 Å². The molecule has 0 radical (unpaired) electrons. The standard InChI is InChI=1S/C22H14BrClN2O2/c1-13-16(4-2-5-17(13)18-6-3-7-19(23)21(18)24)14-8-9-26-20(10-14)25-11-15(12-27)22(26)28/h2-12H,1H3. The van der Waals surface area contributed by atoms with Gasteiger partial charge in [-0.3, -0.25) is 14.0 Å². The summed E-state index contributed by atoms with van der Waals surface area (Å²) >= 11 is 9.98. The predicted octanol–water partition coefficient (Wildman–Crippen LogP) is 5.57. The highest BCUT2D eigenvalue weighted by molar-refractivity contribution is 9.10. The first-order chi connectivity index (χ1) is 13.5. The zero-order valence-corrected chi connectivity index (χ0v) is 17.2. The van der Waals surface area contributed by atoms with Crippen LogP contribution in [0.1, 0.15) is 15.9 Å². The molecule has 0 aliphatic carbocycles. The van der Waals surface area contributed by atoms with Crippen molar-refractivity contribution >= 4 is 39.5 Å². The molecule has 0 fully saturated rings. The maximum atomic E-state index is 12.3. The summed E-state index contributed by atoms with van der Waals surface area (Å²) < 4.78 is 2.22. The fourth-order valence-corrected chi connectivity index (χ4v) is 3.88. The van der Waals surface area contributed by atoms with Crippen molar-refractivity contribution in [3.8, 4) is 22.3 Å². The lowest BCUT2D eigenvalue weighted by atomic mass is 9.93. The zero-order valence-electron chi connectivity index (χ0n) is 14.8. The SMILES string of the molecule is Cc1c(-c2ccn3c(=O)c(C=O)cnc3c2)cccc1-c1cccc(Br)c1Cl. The molecule has 0 N–H and O–H groups in total. The van der Waals surface area contributed by atoms with Crippen molar-refractivity contribution in [2.75, 3.05) is 0 Å². The van der Waals surface area contributed by atoms with Gasteiger partial charge in [0.05, 0.1) is 10.6 Å². The highest BCUT2D eigenvalue weighted by Crippen LogP contribution is 2.38. The molecular formula is C22H14BrClN2O2. The molecule has 0 amide bonds. The minimum atomic E-state index is -0.377. The van der Waals surface area contributed by atoms with Crippen LogP contribution >= 0.6 is 27.5 Å². The number of hydrogen-bond donors (Lipinski definition) is 0. The van der Waals surface area contributed by atoms with Crippen LogP contribution in [-0.2, 0) is 0 Å². The minimum Gasteiger partial charge on any atom is -0.298 e. The lowest BCUT2D eigenvalue weighted by Gasteiger charge is -2.14. The van der Waals surface area contributed by atoms with Crippen LogP contribution in [0.25, 0.3) is 27.9 Å². The molecule has 0 atom stereocenters. The van der Waals surface area contributed by atoms with Gasteiger partial charge >= 0.3 is 0 Å². The van der Waals surface area contributed by atoms with E-state index < -0.39 is 0 Å². The molecule has 0 aliphatic heterocycles. The summed E-state index contributed by atoms with van der Waals surface area (Å²) in [6.07, 6.45) is 3.47. The largest absolute Gasteiger partial charge is 0.298 e. The Labute approximate surface area is 174 Å². The number of aromatic nitrogens is 2. The summed E-state index contributed by atoms with van der Waals surface area (Å²) in [5.41, 5.74) is 5.13. The molecule has 138 valence electrons. The van der Waals surface area contributed by atoms with E-state index >= 15 is 0 Å². The number of aldehydes is 1. The van der Waals surface area contributed by atoms with Crippen LogP contribution in [0.15, 0.2) is 70.2 Å². The average Bonchev–Trinajstić information content (AvgIpc) is 2.71. The summed E-state index contributed by atoms with van der Waals surface area (Å²) in [6.45, 7) is 2.04. The van der Waals surface area contributed by atoms with E-state index in [-0.39, 0.29) is 11.1 Å². The van der Waals surface area contributed by atoms with Gasteiger partial charge in [0.25, 0.3) is 5.56 Å². The van der Waals surface area contributed by atoms with Crippen molar-refractivity contribution in [2.45, 2.75) is 6.92 Å². The molecule has 0 spiro atoms. The number of fused-ring (bicyclic) bond motifs is 1. The number of carbonyl (C=O) groups excluding carboxylic acids is 1. The van der Waals surface area contributed by atoms with Crippen LogP contribution in [0, 0.1) is 6.92 Å². The summed E-state index contributed by atoms with van der Waals surface area (Å²) in [6, 6.07) is 15.6. The van der Waals surface area contributed by atoms with Gasteiger partial charge in [-0.25, -0.2) is 4.98 Å². The fourth-order valence-electron chi connectivity index (χ4n) is 3.29. The van der Waals surface area contributed by atoms with Gasteiger partial charge in [-0.1, -0.05) is 41.9 Å². The molecule has 4 rings (SSSR count).